The second kappa shape index (κ2) is 7.05. The van der Waals surface area contributed by atoms with Gasteiger partial charge in [-0.05, 0) is 45.9 Å². The van der Waals surface area contributed by atoms with Crippen LogP contribution in [0.4, 0.5) is 0 Å². The van der Waals surface area contributed by atoms with Crippen LogP contribution in [0, 0.1) is 6.92 Å². The van der Waals surface area contributed by atoms with E-state index in [1.165, 1.54) is 23.3 Å². The monoisotopic (exact) mass is 331 g/mol. The maximum atomic E-state index is 5.68. The largest absolute Gasteiger partial charge is 0.338 e. The lowest BCUT2D eigenvalue weighted by molar-refractivity contribution is 0.336. The van der Waals surface area contributed by atoms with Crippen LogP contribution >= 0.6 is 11.8 Å². The number of thioether (sulfide) groups is 1. The quantitative estimate of drug-likeness (QED) is 0.864. The molecule has 1 heterocycles. The smallest absolute Gasteiger partial charge is 0.243 e. The van der Waals surface area contributed by atoms with Crippen molar-refractivity contribution in [1.29, 1.82) is 0 Å². The van der Waals surface area contributed by atoms with Crippen LogP contribution in [-0.2, 0) is 11.2 Å². The molecule has 4 nitrogen and oxygen atoms in total. The Morgan fingerprint density at radius 3 is 2.61 bits per heavy atom. The first-order valence-corrected chi connectivity index (χ1v) is 9.19. The molecule has 1 aromatic carbocycles. The van der Waals surface area contributed by atoms with Gasteiger partial charge in [-0.2, -0.15) is 4.98 Å². The molecule has 1 aromatic heterocycles. The lowest BCUT2D eigenvalue weighted by atomic mass is 10.1. The van der Waals surface area contributed by atoms with E-state index in [4.69, 9.17) is 9.51 Å². The first kappa shape index (κ1) is 16.5. The second-order valence-electron chi connectivity index (χ2n) is 6.53. The van der Waals surface area contributed by atoms with Gasteiger partial charge >= 0.3 is 0 Å². The number of hydrogen-bond donors (Lipinski definition) is 1. The average Bonchev–Trinajstić information content (AvgIpc) is 3.20. The minimum atomic E-state index is -0.0522. The molecule has 3 rings (SSSR count). The molecule has 0 spiro atoms. The molecule has 0 aliphatic heterocycles. The van der Waals surface area contributed by atoms with Gasteiger partial charge in [0.2, 0.25) is 5.89 Å². The third-order valence-corrected chi connectivity index (χ3v) is 6.07. The standard InChI is InChI=1S/C18H25N3OS/c1-13-6-8-15(9-7-13)23-18(10-4-5-11-18)17-20-16(21-22-17)12-14(2)19-3/h6-9,14,19H,4-5,10-12H2,1-3H3. The van der Waals surface area contributed by atoms with Crippen molar-refractivity contribution in [2.24, 2.45) is 0 Å². The number of aromatic nitrogens is 2. The van der Waals surface area contributed by atoms with E-state index in [2.05, 4.69) is 48.6 Å². The summed E-state index contributed by atoms with van der Waals surface area (Å²) in [7, 11) is 1.96. The van der Waals surface area contributed by atoms with Crippen molar-refractivity contribution in [3.8, 4) is 0 Å². The highest BCUT2D eigenvalue weighted by Gasteiger charge is 2.42. The van der Waals surface area contributed by atoms with E-state index in [1.807, 2.05) is 18.8 Å². The van der Waals surface area contributed by atoms with E-state index in [9.17, 15) is 0 Å². The molecule has 5 heteroatoms. The van der Waals surface area contributed by atoms with Crippen molar-refractivity contribution in [2.45, 2.75) is 61.6 Å². The molecule has 1 fully saturated rings. The highest BCUT2D eigenvalue weighted by molar-refractivity contribution is 8.00. The number of nitrogens with zero attached hydrogens (tertiary/aromatic N) is 2. The van der Waals surface area contributed by atoms with Crippen LogP contribution in [0.1, 0.15) is 49.9 Å². The lowest BCUT2D eigenvalue weighted by Crippen LogP contribution is -2.24. The van der Waals surface area contributed by atoms with Crippen molar-refractivity contribution in [1.82, 2.24) is 15.5 Å². The normalized spacial score (nSPS) is 18.2. The van der Waals surface area contributed by atoms with Gasteiger partial charge < -0.3 is 9.84 Å². The summed E-state index contributed by atoms with van der Waals surface area (Å²) in [6.07, 6.45) is 5.46. The van der Waals surface area contributed by atoms with E-state index < -0.39 is 0 Å². The molecule has 1 unspecified atom stereocenters. The predicted octanol–water partition coefficient (Wildman–Crippen LogP) is 4.09. The number of aryl methyl sites for hydroxylation is 1. The number of rotatable bonds is 6. The zero-order chi connectivity index (χ0) is 16.3. The van der Waals surface area contributed by atoms with Gasteiger partial charge in [-0.1, -0.05) is 35.7 Å². The fraction of sp³-hybridized carbons (Fsp3) is 0.556. The fourth-order valence-electron chi connectivity index (χ4n) is 3.04. The SMILES string of the molecule is CNC(C)Cc1noc(C2(Sc3ccc(C)cc3)CCCC2)n1. The van der Waals surface area contributed by atoms with Crippen molar-refractivity contribution >= 4 is 11.8 Å². The van der Waals surface area contributed by atoms with Crippen molar-refractivity contribution in [3.63, 3.8) is 0 Å². The lowest BCUT2D eigenvalue weighted by Gasteiger charge is -2.23. The highest BCUT2D eigenvalue weighted by Crippen LogP contribution is 2.52. The van der Waals surface area contributed by atoms with Gasteiger partial charge in [-0.25, -0.2) is 0 Å². The molecule has 1 aliphatic rings. The zero-order valence-corrected chi connectivity index (χ0v) is 14.9. The molecule has 2 aromatic rings. The van der Waals surface area contributed by atoms with Crippen LogP contribution in [0.25, 0.3) is 0 Å². The molecule has 1 atom stereocenters. The Morgan fingerprint density at radius 1 is 1.26 bits per heavy atom. The Kier molecular flexibility index (Phi) is 5.07. The van der Waals surface area contributed by atoms with Crippen molar-refractivity contribution < 1.29 is 4.52 Å². The Morgan fingerprint density at radius 2 is 1.96 bits per heavy atom. The molecule has 23 heavy (non-hydrogen) atoms. The molecule has 1 N–H and O–H groups in total. The third kappa shape index (κ3) is 3.78. The molecule has 1 aliphatic carbocycles. The number of hydrogen-bond acceptors (Lipinski definition) is 5. The zero-order valence-electron chi connectivity index (χ0n) is 14.1. The summed E-state index contributed by atoms with van der Waals surface area (Å²) in [5.41, 5.74) is 1.29. The van der Waals surface area contributed by atoms with Gasteiger partial charge in [-0.3, -0.25) is 0 Å². The molecular formula is C18H25N3OS. The number of nitrogens with one attached hydrogen (secondary N) is 1. The van der Waals surface area contributed by atoms with Crippen molar-refractivity contribution in [3.05, 3.63) is 41.5 Å². The maximum Gasteiger partial charge on any atom is 0.243 e. The van der Waals surface area contributed by atoms with Gasteiger partial charge in [-0.15, -0.1) is 11.8 Å². The summed E-state index contributed by atoms with van der Waals surface area (Å²) in [5, 5.41) is 7.43. The minimum Gasteiger partial charge on any atom is -0.338 e. The molecule has 0 saturated heterocycles. The summed E-state index contributed by atoms with van der Waals surface area (Å²) in [6, 6.07) is 9.07. The molecule has 1 saturated carbocycles. The average molecular weight is 331 g/mol. The molecule has 0 amide bonds. The first-order chi connectivity index (χ1) is 11.1. The van der Waals surface area contributed by atoms with Gasteiger partial charge in [0.15, 0.2) is 5.82 Å². The van der Waals surface area contributed by atoms with E-state index in [-0.39, 0.29) is 4.75 Å². The van der Waals surface area contributed by atoms with Crippen LogP contribution in [0.2, 0.25) is 0 Å². The second-order valence-corrected chi connectivity index (χ2v) is 7.98. The Balaban J connectivity index is 1.81. The summed E-state index contributed by atoms with van der Waals surface area (Å²) in [6.45, 7) is 4.25. The molecular weight excluding hydrogens is 306 g/mol. The van der Waals surface area contributed by atoms with E-state index in [0.29, 0.717) is 6.04 Å². The van der Waals surface area contributed by atoms with Crippen LogP contribution in [0.15, 0.2) is 33.7 Å². The fourth-order valence-corrected chi connectivity index (χ4v) is 4.42. The topological polar surface area (TPSA) is 51.0 Å². The molecule has 0 bridgehead atoms. The predicted molar refractivity (Wildman–Crippen MR) is 93.7 cm³/mol. The van der Waals surface area contributed by atoms with E-state index in [1.54, 1.807) is 0 Å². The van der Waals surface area contributed by atoms with Gasteiger partial charge in [0.05, 0.1) is 4.75 Å². The van der Waals surface area contributed by atoms with Crippen molar-refractivity contribution in [2.75, 3.05) is 7.05 Å². The van der Waals surface area contributed by atoms with Crippen LogP contribution in [0.5, 0.6) is 0 Å². The number of likely N-dealkylation sites (N-methyl/N-ethyl adjacent to an activating group) is 1. The highest BCUT2D eigenvalue weighted by atomic mass is 32.2. The molecule has 124 valence electrons. The third-order valence-electron chi connectivity index (χ3n) is 4.58. The Labute approximate surface area is 142 Å². The summed E-state index contributed by atoms with van der Waals surface area (Å²) < 4.78 is 5.63. The van der Waals surface area contributed by atoms with Crippen LogP contribution in [-0.4, -0.2) is 23.2 Å². The first-order valence-electron chi connectivity index (χ1n) is 8.37. The van der Waals surface area contributed by atoms with Gasteiger partial charge in [0.1, 0.15) is 0 Å². The minimum absolute atomic E-state index is 0.0522. The van der Waals surface area contributed by atoms with Crippen LogP contribution in [0.3, 0.4) is 0 Å². The summed E-state index contributed by atoms with van der Waals surface area (Å²) in [4.78, 5) is 6.01. The molecule has 0 radical (unpaired) electrons. The Hall–Kier alpha value is -1.33. The van der Waals surface area contributed by atoms with E-state index >= 15 is 0 Å². The summed E-state index contributed by atoms with van der Waals surface area (Å²) >= 11 is 1.89. The van der Waals surface area contributed by atoms with Crippen LogP contribution < -0.4 is 5.32 Å². The van der Waals surface area contributed by atoms with Gasteiger partial charge in [0, 0.05) is 17.4 Å². The summed E-state index contributed by atoms with van der Waals surface area (Å²) in [5.74, 6) is 1.61. The van der Waals surface area contributed by atoms with E-state index in [0.717, 1.165) is 31.0 Å². The van der Waals surface area contributed by atoms with Gasteiger partial charge in [0.25, 0.3) is 0 Å². The Bertz CT molecular complexity index is 632. The number of benzene rings is 1. The maximum absolute atomic E-state index is 5.68.